The van der Waals surface area contributed by atoms with E-state index in [2.05, 4.69) is 26.1 Å². The number of aromatic nitrogens is 2. The first-order valence-electron chi connectivity index (χ1n) is 4.17. The zero-order valence-corrected chi connectivity index (χ0v) is 9.08. The van der Waals surface area contributed by atoms with Crippen molar-refractivity contribution in [1.82, 2.24) is 10.2 Å². The molecule has 0 spiro atoms. The zero-order chi connectivity index (χ0) is 10.8. The first kappa shape index (κ1) is 10.0. The third-order valence-corrected chi connectivity index (χ3v) is 2.43. The topological polar surface area (TPSA) is 45.8 Å². The van der Waals surface area contributed by atoms with Crippen molar-refractivity contribution in [3.63, 3.8) is 0 Å². The number of halogens is 2. The highest BCUT2D eigenvalue weighted by molar-refractivity contribution is 9.10. The molecule has 0 saturated carbocycles. The van der Waals surface area contributed by atoms with Crippen LogP contribution in [-0.4, -0.2) is 16.0 Å². The first-order valence-corrected chi connectivity index (χ1v) is 4.96. The molecule has 1 heterocycles. The number of H-pyrrole nitrogens is 1. The lowest BCUT2D eigenvalue weighted by Crippen LogP contribution is -2.02. The number of ketones is 1. The van der Waals surface area contributed by atoms with Gasteiger partial charge in [-0.3, -0.25) is 9.89 Å². The molecular weight excluding hydrogens is 263 g/mol. The van der Waals surface area contributed by atoms with Gasteiger partial charge in [0.25, 0.3) is 0 Å². The lowest BCUT2D eigenvalue weighted by Gasteiger charge is -2.00. The van der Waals surface area contributed by atoms with Crippen LogP contribution in [0.2, 0.25) is 0 Å². The summed E-state index contributed by atoms with van der Waals surface area (Å²) in [6.07, 6.45) is 2.80. The monoisotopic (exact) mass is 268 g/mol. The highest BCUT2D eigenvalue weighted by atomic mass is 79.9. The predicted molar refractivity (Wildman–Crippen MR) is 56.1 cm³/mol. The molecule has 2 rings (SSSR count). The van der Waals surface area contributed by atoms with Gasteiger partial charge in [0.05, 0.1) is 17.3 Å². The Hall–Kier alpha value is -1.49. The summed E-state index contributed by atoms with van der Waals surface area (Å²) in [5.41, 5.74) is 0.373. The maximum Gasteiger partial charge on any atom is 0.199 e. The molecule has 2 aromatic rings. The molecular formula is C10H6BrFN2O. The lowest BCUT2D eigenvalue weighted by molar-refractivity contribution is 0.103. The van der Waals surface area contributed by atoms with Crippen LogP contribution in [-0.2, 0) is 0 Å². The average Bonchev–Trinajstić information content (AvgIpc) is 2.74. The predicted octanol–water partition coefficient (Wildman–Crippen LogP) is 2.54. The van der Waals surface area contributed by atoms with Crippen LogP contribution in [0.1, 0.15) is 15.9 Å². The Kier molecular flexibility index (Phi) is 2.64. The molecule has 0 amide bonds. The molecule has 1 N–H and O–H groups in total. The van der Waals surface area contributed by atoms with Crippen molar-refractivity contribution in [2.24, 2.45) is 0 Å². The molecule has 0 aliphatic rings. The number of nitrogens with zero attached hydrogens (tertiary/aromatic N) is 1. The van der Waals surface area contributed by atoms with Crippen molar-refractivity contribution >= 4 is 21.7 Å². The van der Waals surface area contributed by atoms with Crippen molar-refractivity contribution in [3.05, 3.63) is 52.0 Å². The van der Waals surface area contributed by atoms with Gasteiger partial charge in [-0.2, -0.15) is 5.10 Å². The van der Waals surface area contributed by atoms with Crippen molar-refractivity contribution in [3.8, 4) is 0 Å². The van der Waals surface area contributed by atoms with Crippen LogP contribution in [0.15, 0.2) is 35.1 Å². The Balaban J connectivity index is 2.46. The van der Waals surface area contributed by atoms with Gasteiger partial charge in [0, 0.05) is 10.7 Å². The Morgan fingerprint density at radius 1 is 1.47 bits per heavy atom. The number of rotatable bonds is 2. The van der Waals surface area contributed by atoms with Crippen LogP contribution in [0.4, 0.5) is 4.39 Å². The van der Waals surface area contributed by atoms with Gasteiger partial charge in [-0.05, 0) is 18.2 Å². The molecule has 1 aromatic heterocycles. The second-order valence-electron chi connectivity index (χ2n) is 2.94. The van der Waals surface area contributed by atoms with Crippen LogP contribution >= 0.6 is 15.9 Å². The summed E-state index contributed by atoms with van der Waals surface area (Å²) in [5.74, 6) is -0.924. The largest absolute Gasteiger partial charge is 0.288 e. The summed E-state index contributed by atoms with van der Waals surface area (Å²) in [6, 6.07) is 4.24. The van der Waals surface area contributed by atoms with Crippen LogP contribution < -0.4 is 0 Å². The number of hydrogen-bond donors (Lipinski definition) is 1. The molecule has 15 heavy (non-hydrogen) atoms. The molecule has 0 bridgehead atoms. The summed E-state index contributed by atoms with van der Waals surface area (Å²) < 4.78 is 14.0. The molecule has 0 radical (unpaired) electrons. The van der Waals surface area contributed by atoms with Gasteiger partial charge in [0.2, 0.25) is 0 Å². The molecule has 0 fully saturated rings. The highest BCUT2D eigenvalue weighted by Gasteiger charge is 2.14. The normalized spacial score (nSPS) is 10.3. The van der Waals surface area contributed by atoms with E-state index in [9.17, 15) is 9.18 Å². The number of carbonyl (C=O) groups excluding carboxylic acids is 1. The van der Waals surface area contributed by atoms with E-state index >= 15 is 0 Å². The standard InChI is InChI=1S/C10H6BrFN2O/c11-7-1-2-9(12)8(3-7)10(15)6-4-13-14-5-6/h1-5H,(H,13,14). The minimum atomic E-state index is -0.538. The quantitative estimate of drug-likeness (QED) is 0.851. The fourth-order valence-electron chi connectivity index (χ4n) is 1.20. The smallest absolute Gasteiger partial charge is 0.199 e. The molecule has 5 heteroatoms. The maximum absolute atomic E-state index is 13.3. The molecule has 76 valence electrons. The maximum atomic E-state index is 13.3. The highest BCUT2D eigenvalue weighted by Crippen LogP contribution is 2.18. The molecule has 3 nitrogen and oxygen atoms in total. The average molecular weight is 269 g/mol. The van der Waals surface area contributed by atoms with Crippen molar-refractivity contribution < 1.29 is 9.18 Å². The Morgan fingerprint density at radius 2 is 2.27 bits per heavy atom. The van der Waals surface area contributed by atoms with Gasteiger partial charge in [-0.1, -0.05) is 15.9 Å². The minimum Gasteiger partial charge on any atom is -0.288 e. The Bertz CT molecular complexity index is 496. The van der Waals surface area contributed by atoms with Crippen LogP contribution in [0, 0.1) is 5.82 Å². The number of hydrogen-bond acceptors (Lipinski definition) is 2. The second kappa shape index (κ2) is 3.94. The summed E-state index contributed by atoms with van der Waals surface area (Å²) in [5, 5.41) is 6.15. The molecule has 0 aliphatic heterocycles. The van der Waals surface area contributed by atoms with E-state index in [0.29, 0.717) is 10.0 Å². The van der Waals surface area contributed by atoms with E-state index in [0.717, 1.165) is 0 Å². The van der Waals surface area contributed by atoms with E-state index in [1.807, 2.05) is 0 Å². The van der Waals surface area contributed by atoms with Gasteiger partial charge in [0.1, 0.15) is 5.82 Å². The van der Waals surface area contributed by atoms with E-state index in [1.54, 1.807) is 6.07 Å². The molecule has 0 atom stereocenters. The SMILES string of the molecule is O=C(c1cn[nH]c1)c1cc(Br)ccc1F. The van der Waals surface area contributed by atoms with Gasteiger partial charge >= 0.3 is 0 Å². The fourth-order valence-corrected chi connectivity index (χ4v) is 1.56. The van der Waals surface area contributed by atoms with Gasteiger partial charge in [0.15, 0.2) is 5.78 Å². The van der Waals surface area contributed by atoms with Gasteiger partial charge in [-0.15, -0.1) is 0 Å². The van der Waals surface area contributed by atoms with E-state index in [4.69, 9.17) is 0 Å². The summed E-state index contributed by atoms with van der Waals surface area (Å²) in [4.78, 5) is 11.8. The third-order valence-electron chi connectivity index (χ3n) is 1.93. The van der Waals surface area contributed by atoms with Gasteiger partial charge in [-0.25, -0.2) is 4.39 Å². The number of benzene rings is 1. The zero-order valence-electron chi connectivity index (χ0n) is 7.50. The van der Waals surface area contributed by atoms with Crippen molar-refractivity contribution in [2.45, 2.75) is 0 Å². The van der Waals surface area contributed by atoms with E-state index < -0.39 is 5.82 Å². The molecule has 0 unspecified atom stereocenters. The number of nitrogens with one attached hydrogen (secondary N) is 1. The Labute approximate surface area is 93.4 Å². The van der Waals surface area contributed by atoms with Crippen molar-refractivity contribution in [2.75, 3.05) is 0 Å². The van der Waals surface area contributed by atoms with E-state index in [1.165, 1.54) is 24.5 Å². The lowest BCUT2D eigenvalue weighted by atomic mass is 10.1. The van der Waals surface area contributed by atoms with Crippen LogP contribution in [0.5, 0.6) is 0 Å². The number of aromatic amines is 1. The molecule has 0 saturated heterocycles. The summed E-state index contributed by atoms with van der Waals surface area (Å²) in [7, 11) is 0. The molecule has 0 aliphatic carbocycles. The van der Waals surface area contributed by atoms with Gasteiger partial charge < -0.3 is 0 Å². The Morgan fingerprint density at radius 3 is 2.93 bits per heavy atom. The summed E-state index contributed by atoms with van der Waals surface area (Å²) >= 11 is 3.19. The van der Waals surface area contributed by atoms with Crippen molar-refractivity contribution in [1.29, 1.82) is 0 Å². The second-order valence-corrected chi connectivity index (χ2v) is 3.86. The summed E-state index contributed by atoms with van der Waals surface area (Å²) in [6.45, 7) is 0. The van der Waals surface area contributed by atoms with Crippen LogP contribution in [0.25, 0.3) is 0 Å². The first-order chi connectivity index (χ1) is 7.18. The number of carbonyl (C=O) groups is 1. The van der Waals surface area contributed by atoms with E-state index in [-0.39, 0.29) is 11.3 Å². The third kappa shape index (κ3) is 1.97. The minimum absolute atomic E-state index is 0.0331. The fraction of sp³-hybridized carbons (Fsp3) is 0. The molecule has 1 aromatic carbocycles. The van der Waals surface area contributed by atoms with Crippen LogP contribution in [0.3, 0.4) is 0 Å².